The fourth-order valence-electron chi connectivity index (χ4n) is 3.50. The number of hydrogen-bond donors (Lipinski definition) is 3. The van der Waals surface area contributed by atoms with Crippen LogP contribution in [0, 0.1) is 0 Å². The number of thiophene rings is 1. The molecule has 2 fully saturated rings. The molecule has 1 aliphatic carbocycles. The van der Waals surface area contributed by atoms with Crippen molar-refractivity contribution in [3.8, 4) is 0 Å². The van der Waals surface area contributed by atoms with E-state index in [9.17, 15) is 23.2 Å². The molecule has 1 aromatic carbocycles. The molecule has 0 radical (unpaired) electrons. The quantitative estimate of drug-likeness (QED) is 0.479. The van der Waals surface area contributed by atoms with Gasteiger partial charge in [-0.2, -0.15) is 0 Å². The van der Waals surface area contributed by atoms with Gasteiger partial charge in [0.2, 0.25) is 5.91 Å². The molecule has 1 saturated carbocycles. The van der Waals surface area contributed by atoms with Crippen LogP contribution in [0.15, 0.2) is 30.3 Å². The highest BCUT2D eigenvalue weighted by molar-refractivity contribution is 7.18. The van der Waals surface area contributed by atoms with Gasteiger partial charge in [-0.25, -0.2) is 8.78 Å². The molecular formula is C22H23ClF2N4O4S. The van der Waals surface area contributed by atoms with Crippen molar-refractivity contribution in [2.75, 3.05) is 36.5 Å². The lowest BCUT2D eigenvalue weighted by Gasteiger charge is -2.28. The third kappa shape index (κ3) is 6.09. The number of nitrogens with zero attached hydrogens (tertiary/aromatic N) is 1. The minimum absolute atomic E-state index is 0.0267. The van der Waals surface area contributed by atoms with Gasteiger partial charge in [0, 0.05) is 36.1 Å². The fraction of sp³-hybridized carbons (Fsp3) is 0.409. The monoisotopic (exact) mass is 512 g/mol. The Hall–Kier alpha value is -2.60. The molecule has 2 heterocycles. The second-order valence-corrected chi connectivity index (χ2v) is 9.68. The predicted octanol–water partition coefficient (Wildman–Crippen LogP) is 3.19. The van der Waals surface area contributed by atoms with Crippen molar-refractivity contribution in [2.45, 2.75) is 31.4 Å². The zero-order chi connectivity index (χ0) is 24.2. The second-order valence-electron chi connectivity index (χ2n) is 7.97. The average Bonchev–Trinajstić information content (AvgIpc) is 3.53. The molecule has 3 N–H and O–H groups in total. The van der Waals surface area contributed by atoms with Crippen LogP contribution in [-0.2, 0) is 14.3 Å². The van der Waals surface area contributed by atoms with Crippen molar-refractivity contribution in [1.82, 2.24) is 10.6 Å². The van der Waals surface area contributed by atoms with Gasteiger partial charge in [-0.05, 0) is 43.2 Å². The average molecular weight is 513 g/mol. The lowest BCUT2D eigenvalue weighted by Crippen LogP contribution is -2.49. The first-order valence-electron chi connectivity index (χ1n) is 10.7. The molecule has 0 spiro atoms. The fourth-order valence-corrected chi connectivity index (χ4v) is 4.46. The number of hydrogen-bond acceptors (Lipinski definition) is 6. The van der Waals surface area contributed by atoms with E-state index in [-0.39, 0.29) is 43.2 Å². The summed E-state index contributed by atoms with van der Waals surface area (Å²) in [6, 6.07) is 6.57. The molecule has 8 nitrogen and oxygen atoms in total. The van der Waals surface area contributed by atoms with Gasteiger partial charge < -0.3 is 25.6 Å². The zero-order valence-electron chi connectivity index (χ0n) is 18.0. The number of rotatable bonds is 9. The summed E-state index contributed by atoms with van der Waals surface area (Å²) in [7, 11) is 0. The first-order chi connectivity index (χ1) is 16.3. The van der Waals surface area contributed by atoms with Crippen LogP contribution in [0.1, 0.15) is 34.5 Å². The maximum Gasteiger partial charge on any atom is 0.265 e. The molecule has 0 bridgehead atoms. The summed E-state index contributed by atoms with van der Waals surface area (Å²) in [4.78, 5) is 39.2. The summed E-state index contributed by atoms with van der Waals surface area (Å²) in [6.45, 7) is 0.434. The van der Waals surface area contributed by atoms with Crippen LogP contribution < -0.4 is 20.9 Å². The molecular weight excluding hydrogens is 490 g/mol. The lowest BCUT2D eigenvalue weighted by atomic mass is 10.1. The summed E-state index contributed by atoms with van der Waals surface area (Å²) < 4.78 is 33.2. The van der Waals surface area contributed by atoms with Crippen LogP contribution in [0.25, 0.3) is 0 Å². The van der Waals surface area contributed by atoms with Crippen LogP contribution in [-0.4, -0.2) is 56.1 Å². The van der Waals surface area contributed by atoms with Gasteiger partial charge in [0.15, 0.2) is 0 Å². The molecule has 3 amide bonds. The van der Waals surface area contributed by atoms with E-state index in [1.165, 1.54) is 23.1 Å². The van der Waals surface area contributed by atoms with E-state index in [1.807, 2.05) is 0 Å². The molecule has 2 aliphatic rings. The summed E-state index contributed by atoms with van der Waals surface area (Å²) in [5, 5.41) is 8.38. The number of benzene rings is 1. The van der Waals surface area contributed by atoms with Gasteiger partial charge in [0.25, 0.3) is 18.2 Å². The van der Waals surface area contributed by atoms with Crippen LogP contribution in [0.4, 0.5) is 20.2 Å². The minimum Gasteiger partial charge on any atom is -0.370 e. The van der Waals surface area contributed by atoms with E-state index < -0.39 is 23.9 Å². The van der Waals surface area contributed by atoms with Crippen molar-refractivity contribution in [2.24, 2.45) is 0 Å². The van der Waals surface area contributed by atoms with Crippen LogP contribution in [0.3, 0.4) is 0 Å². The van der Waals surface area contributed by atoms with Crippen molar-refractivity contribution in [3.05, 3.63) is 45.1 Å². The maximum absolute atomic E-state index is 13.8. The van der Waals surface area contributed by atoms with Gasteiger partial charge in [0.1, 0.15) is 12.6 Å². The van der Waals surface area contributed by atoms with Gasteiger partial charge in [-0.15, -0.1) is 11.3 Å². The van der Waals surface area contributed by atoms with Crippen molar-refractivity contribution >= 4 is 52.0 Å². The molecule has 1 atom stereocenters. The molecule has 2 aromatic rings. The highest BCUT2D eigenvalue weighted by atomic mass is 35.5. The van der Waals surface area contributed by atoms with E-state index in [2.05, 4.69) is 16.0 Å². The molecule has 0 unspecified atom stereocenters. The third-order valence-corrected chi connectivity index (χ3v) is 6.65. The highest BCUT2D eigenvalue weighted by Gasteiger charge is 2.30. The van der Waals surface area contributed by atoms with E-state index in [4.69, 9.17) is 16.3 Å². The Morgan fingerprint density at radius 1 is 1.24 bits per heavy atom. The molecule has 1 saturated heterocycles. The molecule has 182 valence electrons. The largest absolute Gasteiger partial charge is 0.370 e. The number of anilines is 2. The summed E-state index contributed by atoms with van der Waals surface area (Å²) >= 11 is 6.98. The lowest BCUT2D eigenvalue weighted by molar-refractivity contribution is -0.125. The van der Waals surface area contributed by atoms with E-state index in [1.54, 1.807) is 12.1 Å². The Balaban J connectivity index is 1.46. The SMILES string of the molecule is O=C(NC[C@@H](NC1CC1)C(=O)Nc1ccc(N2CCOCC2=O)cc1C(F)F)c1ccc(Cl)s1. The first-order valence-corrected chi connectivity index (χ1v) is 11.9. The Labute approximate surface area is 203 Å². The molecule has 1 aromatic heterocycles. The van der Waals surface area contributed by atoms with E-state index >= 15 is 0 Å². The number of alkyl halides is 2. The van der Waals surface area contributed by atoms with Crippen LogP contribution in [0.2, 0.25) is 4.34 Å². The molecule has 4 rings (SSSR count). The number of ether oxygens (including phenoxy) is 1. The predicted molar refractivity (Wildman–Crippen MR) is 125 cm³/mol. The topological polar surface area (TPSA) is 99.8 Å². The van der Waals surface area contributed by atoms with Crippen LogP contribution in [0.5, 0.6) is 0 Å². The number of halogens is 3. The summed E-state index contributed by atoms with van der Waals surface area (Å²) in [5.41, 5.74) is -0.132. The molecule has 34 heavy (non-hydrogen) atoms. The number of amides is 3. The summed E-state index contributed by atoms with van der Waals surface area (Å²) in [6.07, 6.45) is -1.09. The normalized spacial score (nSPS) is 17.1. The van der Waals surface area contributed by atoms with Gasteiger partial charge in [-0.3, -0.25) is 14.4 Å². The number of carbonyl (C=O) groups is 3. The smallest absolute Gasteiger partial charge is 0.265 e. The number of nitrogens with one attached hydrogen (secondary N) is 3. The maximum atomic E-state index is 13.8. The van der Waals surface area contributed by atoms with Crippen molar-refractivity contribution < 1.29 is 27.9 Å². The highest BCUT2D eigenvalue weighted by Crippen LogP contribution is 2.32. The van der Waals surface area contributed by atoms with Gasteiger partial charge >= 0.3 is 0 Å². The van der Waals surface area contributed by atoms with Crippen molar-refractivity contribution in [3.63, 3.8) is 0 Å². The standard InChI is InChI=1S/C22H23ClF2N4O4S/c23-18-6-5-17(34-18)22(32)26-10-16(27-12-1-2-12)21(31)28-15-4-3-13(9-14(15)20(24)25)29-7-8-33-11-19(29)30/h3-6,9,12,16,20,27H,1-2,7-8,10-11H2,(H,26,32)(H,28,31)/t16-/m1/s1. The third-order valence-electron chi connectivity index (χ3n) is 5.42. The number of morpholine rings is 1. The Kier molecular flexibility index (Phi) is 7.77. The van der Waals surface area contributed by atoms with Crippen molar-refractivity contribution in [1.29, 1.82) is 0 Å². The number of carbonyl (C=O) groups excluding carboxylic acids is 3. The van der Waals surface area contributed by atoms with Gasteiger partial charge in [0.05, 0.1) is 15.8 Å². The Bertz CT molecular complexity index is 1080. The van der Waals surface area contributed by atoms with Gasteiger partial charge in [-0.1, -0.05) is 11.6 Å². The minimum atomic E-state index is -2.87. The molecule has 12 heteroatoms. The summed E-state index contributed by atoms with van der Waals surface area (Å²) in [5.74, 6) is -1.24. The zero-order valence-corrected chi connectivity index (χ0v) is 19.6. The molecule has 1 aliphatic heterocycles. The Morgan fingerprint density at radius 3 is 2.68 bits per heavy atom. The first kappa shape index (κ1) is 24.5. The second kappa shape index (κ2) is 10.8. The van der Waals surface area contributed by atoms with Crippen LogP contribution >= 0.6 is 22.9 Å². The Morgan fingerprint density at radius 2 is 2.03 bits per heavy atom. The van der Waals surface area contributed by atoms with E-state index in [0.717, 1.165) is 24.2 Å². The van der Waals surface area contributed by atoms with E-state index in [0.29, 0.717) is 21.5 Å².